The van der Waals surface area contributed by atoms with Gasteiger partial charge >= 0.3 is 0 Å². The van der Waals surface area contributed by atoms with E-state index in [9.17, 15) is 0 Å². The van der Waals surface area contributed by atoms with E-state index in [2.05, 4.69) is 74.7 Å². The van der Waals surface area contributed by atoms with Gasteiger partial charge in [-0.25, -0.2) is 4.98 Å². The SMILES string of the molecule is CC1CC/C(=N/Nc2nc(-c3ccc(I)cc3)cs2)C1. The predicted octanol–water partition coefficient (Wildman–Crippen LogP) is 5.00. The molecule has 20 heavy (non-hydrogen) atoms. The average Bonchev–Trinajstić information content (AvgIpc) is 3.06. The lowest BCUT2D eigenvalue weighted by Gasteiger charge is -1.98. The molecule has 104 valence electrons. The van der Waals surface area contributed by atoms with Crippen molar-refractivity contribution in [3.05, 3.63) is 33.2 Å². The molecule has 0 spiro atoms. The number of thiazole rings is 1. The van der Waals surface area contributed by atoms with Crippen molar-refractivity contribution >= 4 is 44.8 Å². The Hall–Kier alpha value is -0.950. The lowest BCUT2D eigenvalue weighted by Crippen LogP contribution is -1.97. The van der Waals surface area contributed by atoms with Crippen LogP contribution in [0.5, 0.6) is 0 Å². The van der Waals surface area contributed by atoms with Crippen LogP contribution in [0.4, 0.5) is 5.13 Å². The monoisotopic (exact) mass is 397 g/mol. The lowest BCUT2D eigenvalue weighted by molar-refractivity contribution is 0.623. The van der Waals surface area contributed by atoms with Crippen LogP contribution in [0.25, 0.3) is 11.3 Å². The van der Waals surface area contributed by atoms with Gasteiger partial charge < -0.3 is 0 Å². The molecule has 3 nitrogen and oxygen atoms in total. The molecule has 1 heterocycles. The molecule has 3 rings (SSSR count). The number of hydrazone groups is 1. The third-order valence-corrected chi connectivity index (χ3v) is 4.93. The molecule has 5 heteroatoms. The molecule has 0 saturated heterocycles. The van der Waals surface area contributed by atoms with Gasteiger partial charge in [-0.1, -0.05) is 19.1 Å². The van der Waals surface area contributed by atoms with E-state index < -0.39 is 0 Å². The first-order valence-electron chi connectivity index (χ1n) is 6.73. The van der Waals surface area contributed by atoms with Gasteiger partial charge in [-0.3, -0.25) is 5.43 Å². The summed E-state index contributed by atoms with van der Waals surface area (Å²) in [5, 5.41) is 7.42. The van der Waals surface area contributed by atoms with Crippen LogP contribution < -0.4 is 5.43 Å². The van der Waals surface area contributed by atoms with Crippen molar-refractivity contribution in [2.45, 2.75) is 26.2 Å². The van der Waals surface area contributed by atoms with E-state index in [4.69, 9.17) is 0 Å². The fourth-order valence-corrected chi connectivity index (χ4v) is 3.35. The topological polar surface area (TPSA) is 37.3 Å². The molecule has 1 aromatic heterocycles. The van der Waals surface area contributed by atoms with Gasteiger partial charge in [0.25, 0.3) is 0 Å². The van der Waals surface area contributed by atoms with Crippen LogP contribution >= 0.6 is 33.9 Å². The fourth-order valence-electron chi connectivity index (χ4n) is 2.33. The third kappa shape index (κ3) is 3.38. The first-order valence-corrected chi connectivity index (χ1v) is 8.69. The zero-order valence-electron chi connectivity index (χ0n) is 11.3. The molecule has 1 atom stereocenters. The van der Waals surface area contributed by atoms with Gasteiger partial charge in [0.15, 0.2) is 0 Å². The van der Waals surface area contributed by atoms with Crippen molar-refractivity contribution in [2.75, 3.05) is 5.43 Å². The van der Waals surface area contributed by atoms with Gasteiger partial charge in [-0.2, -0.15) is 5.10 Å². The van der Waals surface area contributed by atoms with Gasteiger partial charge in [0.2, 0.25) is 5.13 Å². The first kappa shape index (κ1) is 14.0. The number of rotatable bonds is 3. The lowest BCUT2D eigenvalue weighted by atomic mass is 10.1. The van der Waals surface area contributed by atoms with Crippen molar-refractivity contribution in [1.82, 2.24) is 4.98 Å². The average molecular weight is 397 g/mol. The molecule has 0 bridgehead atoms. The molecular formula is C15H16IN3S. The third-order valence-electron chi connectivity index (χ3n) is 3.46. The normalized spacial score (nSPS) is 20.5. The highest BCUT2D eigenvalue weighted by Gasteiger charge is 2.16. The van der Waals surface area contributed by atoms with E-state index in [1.807, 2.05) is 0 Å². The molecule has 1 aromatic carbocycles. The Morgan fingerprint density at radius 2 is 2.15 bits per heavy atom. The number of anilines is 1. The second kappa shape index (κ2) is 6.22. The number of benzene rings is 1. The summed E-state index contributed by atoms with van der Waals surface area (Å²) in [5.41, 5.74) is 6.53. The maximum absolute atomic E-state index is 4.59. The van der Waals surface area contributed by atoms with Crippen molar-refractivity contribution < 1.29 is 0 Å². The van der Waals surface area contributed by atoms with Gasteiger partial charge in [0.1, 0.15) is 0 Å². The van der Waals surface area contributed by atoms with Crippen molar-refractivity contribution in [2.24, 2.45) is 11.0 Å². The van der Waals surface area contributed by atoms with Crippen molar-refractivity contribution in [3.63, 3.8) is 0 Å². The minimum Gasteiger partial charge on any atom is -0.253 e. The highest BCUT2D eigenvalue weighted by Crippen LogP contribution is 2.26. The molecule has 1 unspecified atom stereocenters. The van der Waals surface area contributed by atoms with Crippen LogP contribution in [-0.2, 0) is 0 Å². The highest BCUT2D eigenvalue weighted by atomic mass is 127. The van der Waals surface area contributed by atoms with Gasteiger partial charge in [-0.05, 0) is 59.9 Å². The Bertz CT molecular complexity index is 618. The molecule has 0 aliphatic heterocycles. The molecule has 0 amide bonds. The molecule has 1 saturated carbocycles. The second-order valence-corrected chi connectivity index (χ2v) is 7.29. The Balaban J connectivity index is 1.69. The summed E-state index contributed by atoms with van der Waals surface area (Å²) in [5.74, 6) is 0.772. The Labute approximate surface area is 136 Å². The molecular weight excluding hydrogens is 381 g/mol. The number of hydrogen-bond donors (Lipinski definition) is 1. The van der Waals surface area contributed by atoms with E-state index in [0.29, 0.717) is 0 Å². The number of nitrogens with zero attached hydrogens (tertiary/aromatic N) is 2. The number of nitrogens with one attached hydrogen (secondary N) is 1. The summed E-state index contributed by atoms with van der Waals surface area (Å²) in [4.78, 5) is 4.59. The summed E-state index contributed by atoms with van der Waals surface area (Å²) in [6.07, 6.45) is 3.48. The standard InChI is InChI=1S/C15H16IN3S/c1-10-2-7-13(8-10)18-19-15-17-14(9-20-15)11-3-5-12(16)6-4-11/h3-6,9-10H,2,7-8H2,1H3,(H,17,19)/b18-13-. The van der Waals surface area contributed by atoms with Crippen molar-refractivity contribution in [3.8, 4) is 11.3 Å². The highest BCUT2D eigenvalue weighted by molar-refractivity contribution is 14.1. The van der Waals surface area contributed by atoms with Gasteiger partial charge in [0, 0.05) is 20.2 Å². The maximum Gasteiger partial charge on any atom is 0.203 e. The molecule has 1 N–H and O–H groups in total. The van der Waals surface area contributed by atoms with Crippen LogP contribution in [0.3, 0.4) is 0 Å². The summed E-state index contributed by atoms with van der Waals surface area (Å²) < 4.78 is 1.24. The second-order valence-electron chi connectivity index (χ2n) is 5.18. The van der Waals surface area contributed by atoms with Crippen LogP contribution in [0, 0.1) is 9.49 Å². The van der Waals surface area contributed by atoms with Crippen LogP contribution in [0.2, 0.25) is 0 Å². The number of hydrogen-bond acceptors (Lipinski definition) is 4. The summed E-state index contributed by atoms with van der Waals surface area (Å²) in [7, 11) is 0. The van der Waals surface area contributed by atoms with E-state index in [1.54, 1.807) is 11.3 Å². The quantitative estimate of drug-likeness (QED) is 0.585. The summed E-state index contributed by atoms with van der Waals surface area (Å²) >= 11 is 3.91. The van der Waals surface area contributed by atoms with Crippen molar-refractivity contribution in [1.29, 1.82) is 0 Å². The minimum absolute atomic E-state index is 0.772. The molecule has 1 aliphatic carbocycles. The smallest absolute Gasteiger partial charge is 0.203 e. The zero-order valence-corrected chi connectivity index (χ0v) is 14.2. The largest absolute Gasteiger partial charge is 0.253 e. The first-order chi connectivity index (χ1) is 9.70. The fraction of sp³-hybridized carbons (Fsp3) is 0.333. The van der Waals surface area contributed by atoms with Crippen LogP contribution in [0.15, 0.2) is 34.7 Å². The summed E-state index contributed by atoms with van der Waals surface area (Å²) in [6, 6.07) is 8.40. The summed E-state index contributed by atoms with van der Waals surface area (Å²) in [6.45, 7) is 2.28. The zero-order chi connectivity index (χ0) is 13.9. The number of aromatic nitrogens is 1. The van der Waals surface area contributed by atoms with Gasteiger partial charge in [-0.15, -0.1) is 11.3 Å². The Morgan fingerprint density at radius 1 is 1.35 bits per heavy atom. The van der Waals surface area contributed by atoms with Gasteiger partial charge in [0.05, 0.1) is 5.69 Å². The molecule has 0 radical (unpaired) electrons. The Morgan fingerprint density at radius 3 is 2.85 bits per heavy atom. The van der Waals surface area contributed by atoms with E-state index in [-0.39, 0.29) is 0 Å². The van der Waals surface area contributed by atoms with E-state index >= 15 is 0 Å². The predicted molar refractivity (Wildman–Crippen MR) is 94.3 cm³/mol. The van der Waals surface area contributed by atoms with E-state index in [1.165, 1.54) is 15.7 Å². The maximum atomic E-state index is 4.59. The van der Waals surface area contributed by atoms with Crippen LogP contribution in [-0.4, -0.2) is 10.7 Å². The molecule has 1 aliphatic rings. The van der Waals surface area contributed by atoms with E-state index in [0.717, 1.165) is 35.1 Å². The Kier molecular flexibility index (Phi) is 4.35. The molecule has 2 aromatic rings. The molecule has 1 fully saturated rings. The van der Waals surface area contributed by atoms with Crippen LogP contribution in [0.1, 0.15) is 26.2 Å². The number of halogens is 1. The minimum atomic E-state index is 0.772.